The number of carbonyl (C=O) groups excluding carboxylic acids is 2. The van der Waals surface area contributed by atoms with E-state index in [1.807, 2.05) is 56.3 Å². The molecule has 1 amide bonds. The minimum absolute atomic E-state index is 0.0753. The minimum atomic E-state index is -0.772. The van der Waals surface area contributed by atoms with E-state index in [1.165, 1.54) is 24.2 Å². The first-order chi connectivity index (χ1) is 17.0. The number of benzene rings is 2. The van der Waals surface area contributed by atoms with E-state index in [0.717, 1.165) is 29.9 Å². The molecule has 0 spiro atoms. The number of hydrogen-bond acceptors (Lipinski definition) is 5. The molecule has 178 valence electrons. The first-order valence-corrected chi connectivity index (χ1v) is 12.1. The largest absolute Gasteiger partial charge is 0.507 e. The Hall–Kier alpha value is -3.93. The molecule has 0 bridgehead atoms. The van der Waals surface area contributed by atoms with Crippen molar-refractivity contribution in [1.29, 1.82) is 0 Å². The Labute approximate surface area is 205 Å². The minimum Gasteiger partial charge on any atom is -0.507 e. The highest BCUT2D eigenvalue weighted by atomic mass is 16.3. The normalized spacial score (nSPS) is 19.9. The summed E-state index contributed by atoms with van der Waals surface area (Å²) >= 11 is 0. The molecule has 35 heavy (non-hydrogen) atoms. The Morgan fingerprint density at radius 3 is 2.29 bits per heavy atom. The third-order valence-electron chi connectivity index (χ3n) is 7.07. The van der Waals surface area contributed by atoms with Crippen molar-refractivity contribution in [3.8, 4) is 0 Å². The molecule has 0 radical (unpaired) electrons. The maximum Gasteiger partial charge on any atom is 0.300 e. The molecule has 1 aromatic heterocycles. The number of nitrogens with zero attached hydrogens (tertiary/aromatic N) is 3. The molecule has 3 aromatic rings. The third kappa shape index (κ3) is 4.20. The standard InChI is InChI=1S/C29H29N3O3/c1-19-8-9-21(17-20(19)2)27(33)25-26(22-7-6-14-30-18-22)32(29(35)28(25)34)24-12-10-23(11-13-24)31-15-4-3-5-16-31/h6-14,17-18,26,33H,3-5,15-16H2,1-2H3/b27-25-. The summed E-state index contributed by atoms with van der Waals surface area (Å²) in [5.41, 5.74) is 5.05. The Balaban J connectivity index is 1.60. The second-order valence-electron chi connectivity index (χ2n) is 9.32. The Kier molecular flexibility index (Phi) is 6.12. The monoisotopic (exact) mass is 467 g/mol. The summed E-state index contributed by atoms with van der Waals surface area (Å²) in [6, 6.07) is 16.1. The number of aliphatic hydroxyl groups is 1. The number of amides is 1. The van der Waals surface area contributed by atoms with E-state index in [-0.39, 0.29) is 11.3 Å². The SMILES string of the molecule is Cc1ccc(/C(O)=C2/C(=O)C(=O)N(c3ccc(N4CCCCC4)cc3)C2c2cccnc2)cc1C. The lowest BCUT2D eigenvalue weighted by Gasteiger charge is -2.30. The van der Waals surface area contributed by atoms with Gasteiger partial charge in [0.15, 0.2) is 0 Å². The smallest absolute Gasteiger partial charge is 0.300 e. The number of pyridine rings is 1. The van der Waals surface area contributed by atoms with Gasteiger partial charge in [-0.3, -0.25) is 19.5 Å². The summed E-state index contributed by atoms with van der Waals surface area (Å²) in [7, 11) is 0. The summed E-state index contributed by atoms with van der Waals surface area (Å²) in [4.78, 5) is 34.7. The van der Waals surface area contributed by atoms with E-state index < -0.39 is 17.7 Å². The van der Waals surface area contributed by atoms with Crippen LogP contribution in [0.3, 0.4) is 0 Å². The van der Waals surface area contributed by atoms with Crippen molar-refractivity contribution in [2.75, 3.05) is 22.9 Å². The van der Waals surface area contributed by atoms with Gasteiger partial charge < -0.3 is 10.0 Å². The zero-order chi connectivity index (χ0) is 24.5. The second kappa shape index (κ2) is 9.37. The van der Waals surface area contributed by atoms with Gasteiger partial charge in [-0.15, -0.1) is 0 Å². The van der Waals surface area contributed by atoms with Gasteiger partial charge in [-0.05, 0) is 86.2 Å². The van der Waals surface area contributed by atoms with E-state index in [1.54, 1.807) is 24.5 Å². The van der Waals surface area contributed by atoms with E-state index in [4.69, 9.17) is 0 Å². The van der Waals surface area contributed by atoms with Gasteiger partial charge >= 0.3 is 0 Å². The van der Waals surface area contributed by atoms with Gasteiger partial charge in [0, 0.05) is 42.4 Å². The summed E-state index contributed by atoms with van der Waals surface area (Å²) in [5, 5.41) is 11.3. The van der Waals surface area contributed by atoms with Gasteiger partial charge in [0.25, 0.3) is 11.7 Å². The molecule has 2 fully saturated rings. The number of aromatic nitrogens is 1. The Bertz CT molecular complexity index is 1290. The molecule has 2 aromatic carbocycles. The topological polar surface area (TPSA) is 73.7 Å². The van der Waals surface area contributed by atoms with Crippen molar-refractivity contribution in [3.63, 3.8) is 0 Å². The zero-order valence-corrected chi connectivity index (χ0v) is 20.1. The molecular weight excluding hydrogens is 438 g/mol. The van der Waals surface area contributed by atoms with Crippen LogP contribution in [0.2, 0.25) is 0 Å². The first-order valence-electron chi connectivity index (χ1n) is 12.1. The van der Waals surface area contributed by atoms with E-state index in [2.05, 4.69) is 9.88 Å². The number of hydrogen-bond donors (Lipinski definition) is 1. The summed E-state index contributed by atoms with van der Waals surface area (Å²) in [6.45, 7) is 5.99. The second-order valence-corrected chi connectivity index (χ2v) is 9.32. The molecule has 1 unspecified atom stereocenters. The molecule has 6 heteroatoms. The molecule has 1 N–H and O–H groups in total. The van der Waals surface area contributed by atoms with Crippen LogP contribution in [0.1, 0.15) is 47.6 Å². The highest BCUT2D eigenvalue weighted by Gasteiger charge is 2.47. The van der Waals surface area contributed by atoms with Crippen molar-refractivity contribution in [1.82, 2.24) is 4.98 Å². The van der Waals surface area contributed by atoms with Gasteiger partial charge in [0.05, 0.1) is 11.6 Å². The Morgan fingerprint density at radius 2 is 1.63 bits per heavy atom. The van der Waals surface area contributed by atoms with E-state index in [0.29, 0.717) is 16.8 Å². The predicted octanol–water partition coefficient (Wildman–Crippen LogP) is 5.32. The number of aliphatic hydroxyl groups excluding tert-OH is 1. The molecule has 3 heterocycles. The van der Waals surface area contributed by atoms with Crippen LogP contribution < -0.4 is 9.80 Å². The summed E-state index contributed by atoms with van der Waals surface area (Å²) in [6.07, 6.45) is 6.89. The van der Waals surface area contributed by atoms with Gasteiger partial charge in [0.1, 0.15) is 5.76 Å². The van der Waals surface area contributed by atoms with Crippen LogP contribution >= 0.6 is 0 Å². The molecule has 0 saturated carbocycles. The Morgan fingerprint density at radius 1 is 0.914 bits per heavy atom. The predicted molar refractivity (Wildman–Crippen MR) is 137 cm³/mol. The number of ketones is 1. The molecule has 2 aliphatic heterocycles. The number of Topliss-reactive ketones (excluding diaryl/α,β-unsaturated/α-hetero) is 1. The number of anilines is 2. The third-order valence-corrected chi connectivity index (χ3v) is 7.07. The number of rotatable bonds is 4. The lowest BCUT2D eigenvalue weighted by molar-refractivity contribution is -0.132. The zero-order valence-electron chi connectivity index (χ0n) is 20.1. The first kappa shape index (κ1) is 22.8. The molecular formula is C29H29N3O3. The molecule has 5 rings (SSSR count). The van der Waals surface area contributed by atoms with Gasteiger partial charge in [-0.1, -0.05) is 18.2 Å². The fourth-order valence-electron chi connectivity index (χ4n) is 4.97. The molecule has 2 saturated heterocycles. The van der Waals surface area contributed by atoms with Crippen LogP contribution in [0.15, 0.2) is 72.6 Å². The van der Waals surface area contributed by atoms with Crippen LogP contribution in [0.5, 0.6) is 0 Å². The maximum absolute atomic E-state index is 13.3. The highest BCUT2D eigenvalue weighted by Crippen LogP contribution is 2.42. The fourth-order valence-corrected chi connectivity index (χ4v) is 4.97. The van der Waals surface area contributed by atoms with Crippen LogP contribution in [-0.2, 0) is 9.59 Å². The average Bonchev–Trinajstić information content (AvgIpc) is 3.16. The van der Waals surface area contributed by atoms with Crippen molar-refractivity contribution in [2.24, 2.45) is 0 Å². The molecule has 1 atom stereocenters. The van der Waals surface area contributed by atoms with Gasteiger partial charge in [-0.25, -0.2) is 0 Å². The highest BCUT2D eigenvalue weighted by molar-refractivity contribution is 6.51. The van der Waals surface area contributed by atoms with Crippen molar-refractivity contribution in [2.45, 2.75) is 39.2 Å². The lowest BCUT2D eigenvalue weighted by Crippen LogP contribution is -2.30. The summed E-state index contributed by atoms with van der Waals surface area (Å²) in [5.74, 6) is -1.53. The van der Waals surface area contributed by atoms with Crippen molar-refractivity contribution < 1.29 is 14.7 Å². The number of carbonyl (C=O) groups is 2. The van der Waals surface area contributed by atoms with Gasteiger partial charge in [0.2, 0.25) is 0 Å². The van der Waals surface area contributed by atoms with Crippen molar-refractivity contribution in [3.05, 3.63) is 94.8 Å². The quantitative estimate of drug-likeness (QED) is 0.320. The van der Waals surface area contributed by atoms with Crippen LogP contribution in [0.4, 0.5) is 11.4 Å². The molecule has 6 nitrogen and oxygen atoms in total. The van der Waals surface area contributed by atoms with Crippen molar-refractivity contribution >= 4 is 28.8 Å². The van der Waals surface area contributed by atoms with Crippen LogP contribution in [-0.4, -0.2) is 34.9 Å². The van der Waals surface area contributed by atoms with Gasteiger partial charge in [-0.2, -0.15) is 0 Å². The lowest BCUT2D eigenvalue weighted by atomic mass is 9.95. The molecule has 2 aliphatic rings. The fraction of sp³-hybridized carbons (Fsp3) is 0.276. The number of aryl methyl sites for hydroxylation is 2. The maximum atomic E-state index is 13.3. The van der Waals surface area contributed by atoms with E-state index >= 15 is 0 Å². The summed E-state index contributed by atoms with van der Waals surface area (Å²) < 4.78 is 0. The average molecular weight is 468 g/mol. The van der Waals surface area contributed by atoms with Crippen LogP contribution in [0.25, 0.3) is 5.76 Å². The van der Waals surface area contributed by atoms with Crippen LogP contribution in [0, 0.1) is 13.8 Å². The van der Waals surface area contributed by atoms with E-state index in [9.17, 15) is 14.7 Å². The molecule has 0 aliphatic carbocycles. The number of piperidine rings is 1.